The highest BCUT2D eigenvalue weighted by molar-refractivity contribution is 7.22. The third kappa shape index (κ3) is 5.49. The number of aryl methyl sites for hydroxylation is 1. The number of hydrogen-bond acceptors (Lipinski definition) is 8. The Morgan fingerprint density at radius 2 is 1.70 bits per heavy atom. The molecule has 4 N–H and O–H groups in total. The Labute approximate surface area is 233 Å². The fraction of sp³-hybridized carbons (Fsp3) is 0.103. The molecule has 0 radical (unpaired) electrons. The average Bonchev–Trinajstić information content (AvgIpc) is 3.34. The predicted octanol–water partition coefficient (Wildman–Crippen LogP) is 5.05. The van der Waals surface area contributed by atoms with Gasteiger partial charge in [-0.15, -0.1) is 0 Å². The van der Waals surface area contributed by atoms with Gasteiger partial charge < -0.3 is 15.8 Å². The summed E-state index contributed by atoms with van der Waals surface area (Å²) in [4.78, 5) is 50.7. The van der Waals surface area contributed by atoms with Crippen molar-refractivity contribution in [1.82, 2.24) is 15.0 Å². The summed E-state index contributed by atoms with van der Waals surface area (Å²) in [5.74, 6) is -0.683. The lowest BCUT2D eigenvalue weighted by molar-refractivity contribution is -0.114. The van der Waals surface area contributed by atoms with Gasteiger partial charge in [-0.2, -0.15) is 0 Å². The topological polar surface area (TPSA) is 149 Å². The molecule has 200 valence electrons. The fourth-order valence-electron chi connectivity index (χ4n) is 4.16. The highest BCUT2D eigenvalue weighted by atomic mass is 32.1. The summed E-state index contributed by atoms with van der Waals surface area (Å²) < 4.78 is 5.50. The molecular weight excluding hydrogens is 528 g/mol. The zero-order chi connectivity index (χ0) is 28.4. The number of pyridine rings is 2. The van der Waals surface area contributed by atoms with Crippen LogP contribution in [-0.4, -0.2) is 39.8 Å². The monoisotopic (exact) mass is 552 g/mol. The number of thiazole rings is 1. The van der Waals surface area contributed by atoms with Gasteiger partial charge in [0.25, 0.3) is 5.91 Å². The van der Waals surface area contributed by atoms with Crippen LogP contribution < -0.4 is 21.1 Å². The summed E-state index contributed by atoms with van der Waals surface area (Å²) >= 11 is 1.24. The number of methoxy groups -OCH3 is 1. The van der Waals surface area contributed by atoms with Gasteiger partial charge >= 0.3 is 0 Å². The number of nitrogens with two attached hydrogens (primary N) is 1. The van der Waals surface area contributed by atoms with E-state index in [9.17, 15) is 14.4 Å². The molecule has 0 spiro atoms. The second-order valence-electron chi connectivity index (χ2n) is 8.90. The molecular formula is C29H24N6O4S. The number of carbonyl (C=O) groups is 3. The normalized spacial score (nSPS) is 10.8. The van der Waals surface area contributed by atoms with Gasteiger partial charge in [-0.1, -0.05) is 23.5 Å². The minimum atomic E-state index is -0.592. The molecule has 3 amide bonds. The van der Waals surface area contributed by atoms with E-state index < -0.39 is 11.8 Å². The molecule has 2 aromatic carbocycles. The molecule has 3 heterocycles. The first kappa shape index (κ1) is 26.4. The number of fused-ring (bicyclic) bond motifs is 1. The molecule has 0 fully saturated rings. The van der Waals surface area contributed by atoms with Crippen LogP contribution in [-0.2, 0) is 4.79 Å². The van der Waals surface area contributed by atoms with Crippen molar-refractivity contribution >= 4 is 50.2 Å². The second-order valence-corrected chi connectivity index (χ2v) is 9.88. The number of amides is 3. The third-order valence-corrected chi connectivity index (χ3v) is 6.92. The van der Waals surface area contributed by atoms with Crippen molar-refractivity contribution < 1.29 is 19.1 Å². The lowest BCUT2D eigenvalue weighted by Crippen LogP contribution is -2.14. The van der Waals surface area contributed by atoms with E-state index >= 15 is 0 Å². The lowest BCUT2D eigenvalue weighted by atomic mass is 9.97. The number of primary amides is 1. The van der Waals surface area contributed by atoms with E-state index in [4.69, 9.17) is 15.5 Å². The zero-order valence-corrected chi connectivity index (χ0v) is 22.6. The van der Waals surface area contributed by atoms with Gasteiger partial charge in [-0.3, -0.25) is 24.7 Å². The number of benzene rings is 2. The minimum Gasteiger partial charge on any atom is -0.496 e. The lowest BCUT2D eigenvalue weighted by Gasteiger charge is -2.14. The molecule has 10 nitrogen and oxygen atoms in total. The van der Waals surface area contributed by atoms with Crippen molar-refractivity contribution in [3.05, 3.63) is 83.7 Å². The number of carbonyl (C=O) groups excluding carboxylic acids is 3. The molecule has 40 heavy (non-hydrogen) atoms. The van der Waals surface area contributed by atoms with Gasteiger partial charge in [0.05, 0.1) is 18.4 Å². The van der Waals surface area contributed by atoms with Crippen molar-refractivity contribution in [2.75, 3.05) is 17.7 Å². The Balaban J connectivity index is 1.44. The van der Waals surface area contributed by atoms with Crippen LogP contribution in [0.25, 0.3) is 32.7 Å². The molecule has 3 aromatic heterocycles. The SMILES string of the molecule is COc1ccc(C(N)=O)cc1-c1cc(C)ncc1C(=O)Nc1nc2ccc(-c3ccc(NC(C)=O)cc3)nc2s1. The third-order valence-electron chi connectivity index (χ3n) is 6.04. The Morgan fingerprint density at radius 1 is 0.925 bits per heavy atom. The molecule has 11 heteroatoms. The van der Waals surface area contributed by atoms with E-state index in [1.54, 1.807) is 31.2 Å². The van der Waals surface area contributed by atoms with Gasteiger partial charge in [0.2, 0.25) is 11.8 Å². The molecule has 5 rings (SSSR count). The van der Waals surface area contributed by atoms with E-state index in [1.807, 2.05) is 36.4 Å². The van der Waals surface area contributed by atoms with Gasteiger partial charge in [-0.25, -0.2) is 9.97 Å². The number of anilines is 2. The highest BCUT2D eigenvalue weighted by Crippen LogP contribution is 2.35. The molecule has 0 aliphatic carbocycles. The van der Waals surface area contributed by atoms with Crippen molar-refractivity contribution in [2.45, 2.75) is 13.8 Å². The van der Waals surface area contributed by atoms with Crippen LogP contribution in [0.2, 0.25) is 0 Å². The highest BCUT2D eigenvalue weighted by Gasteiger charge is 2.20. The summed E-state index contributed by atoms with van der Waals surface area (Å²) in [5, 5.41) is 5.96. The van der Waals surface area contributed by atoms with Crippen molar-refractivity contribution in [2.24, 2.45) is 5.73 Å². The molecule has 5 aromatic rings. The first-order chi connectivity index (χ1) is 19.2. The molecule has 0 saturated carbocycles. The van der Waals surface area contributed by atoms with E-state index in [1.165, 1.54) is 31.6 Å². The molecule has 0 aliphatic rings. The number of hydrogen-bond donors (Lipinski definition) is 3. The van der Waals surface area contributed by atoms with Crippen LogP contribution in [0.3, 0.4) is 0 Å². The van der Waals surface area contributed by atoms with Crippen LogP contribution >= 0.6 is 11.3 Å². The van der Waals surface area contributed by atoms with Crippen LogP contribution in [0.4, 0.5) is 10.8 Å². The second kappa shape index (κ2) is 10.9. The number of nitrogens with zero attached hydrogens (tertiary/aromatic N) is 3. The first-order valence-corrected chi connectivity index (χ1v) is 13.0. The summed E-state index contributed by atoms with van der Waals surface area (Å²) in [6, 6.07) is 17.6. The number of nitrogens with one attached hydrogen (secondary N) is 2. The maximum Gasteiger partial charge on any atom is 0.259 e. The Morgan fingerprint density at radius 3 is 2.40 bits per heavy atom. The summed E-state index contributed by atoms with van der Waals surface area (Å²) in [7, 11) is 1.51. The molecule has 0 aliphatic heterocycles. The van der Waals surface area contributed by atoms with Gasteiger partial charge in [0.1, 0.15) is 16.1 Å². The van der Waals surface area contributed by atoms with Crippen LogP contribution in [0.5, 0.6) is 5.75 Å². The van der Waals surface area contributed by atoms with E-state index in [0.29, 0.717) is 43.7 Å². The average molecular weight is 553 g/mol. The zero-order valence-electron chi connectivity index (χ0n) is 21.8. The van der Waals surface area contributed by atoms with Gasteiger partial charge in [0, 0.05) is 46.8 Å². The Kier molecular flexibility index (Phi) is 7.21. The van der Waals surface area contributed by atoms with Crippen molar-refractivity contribution in [1.29, 1.82) is 0 Å². The maximum atomic E-state index is 13.4. The Bertz CT molecular complexity index is 1780. The van der Waals surface area contributed by atoms with Gasteiger partial charge in [-0.05, 0) is 55.5 Å². The molecule has 0 bridgehead atoms. The van der Waals surface area contributed by atoms with Crippen molar-refractivity contribution in [3.63, 3.8) is 0 Å². The Hall–Kier alpha value is -5.16. The maximum absolute atomic E-state index is 13.4. The van der Waals surface area contributed by atoms with E-state index in [2.05, 4.69) is 20.6 Å². The largest absolute Gasteiger partial charge is 0.496 e. The van der Waals surface area contributed by atoms with E-state index in [0.717, 1.165) is 11.3 Å². The number of ether oxygens (including phenoxy) is 1. The fourth-order valence-corrected chi connectivity index (χ4v) is 4.99. The first-order valence-electron chi connectivity index (χ1n) is 12.1. The number of aromatic nitrogens is 3. The van der Waals surface area contributed by atoms with Crippen LogP contribution in [0, 0.1) is 6.92 Å². The standard InChI is InChI=1S/C29H24N6O4S/c1-15-12-20(21-13-18(26(30)37)6-11-25(21)39-3)22(14-31-15)27(38)35-29-34-24-10-9-23(33-28(24)40-29)17-4-7-19(8-5-17)32-16(2)36/h4-14H,1-3H3,(H2,30,37)(H,32,36)(H,34,35,38). The smallest absolute Gasteiger partial charge is 0.259 e. The minimum absolute atomic E-state index is 0.140. The quantitative estimate of drug-likeness (QED) is 0.256. The number of rotatable bonds is 7. The van der Waals surface area contributed by atoms with Crippen LogP contribution in [0.15, 0.2) is 66.9 Å². The van der Waals surface area contributed by atoms with E-state index in [-0.39, 0.29) is 17.0 Å². The summed E-state index contributed by atoms with van der Waals surface area (Å²) in [6.45, 7) is 3.26. The van der Waals surface area contributed by atoms with Gasteiger partial charge in [0.15, 0.2) is 5.13 Å². The molecule has 0 atom stereocenters. The summed E-state index contributed by atoms with van der Waals surface area (Å²) in [5.41, 5.74) is 10.7. The predicted molar refractivity (Wildman–Crippen MR) is 155 cm³/mol. The molecule has 0 unspecified atom stereocenters. The summed E-state index contributed by atoms with van der Waals surface area (Å²) in [6.07, 6.45) is 1.48. The molecule has 0 saturated heterocycles. The van der Waals surface area contributed by atoms with Crippen LogP contribution in [0.1, 0.15) is 33.3 Å². The van der Waals surface area contributed by atoms with Crippen molar-refractivity contribution in [3.8, 4) is 28.1 Å².